The van der Waals surface area contributed by atoms with Crippen LogP contribution in [0.25, 0.3) is 0 Å². The molecule has 0 aliphatic carbocycles. The zero-order valence-corrected chi connectivity index (χ0v) is 15.2. The number of hydrogen-bond donors (Lipinski definition) is 2. The van der Waals surface area contributed by atoms with Gasteiger partial charge in [0.15, 0.2) is 0 Å². The first-order valence-corrected chi connectivity index (χ1v) is 8.30. The normalized spacial score (nSPS) is 10.3. The van der Waals surface area contributed by atoms with E-state index < -0.39 is 0 Å². The molecule has 0 atom stereocenters. The molecule has 2 aromatic carbocycles. The Morgan fingerprint density at radius 1 is 1.04 bits per heavy atom. The molecule has 132 valence electrons. The Morgan fingerprint density at radius 3 is 2.54 bits per heavy atom. The number of carbonyl (C=O) groups excluding carboxylic acids is 1. The van der Waals surface area contributed by atoms with Crippen LogP contribution in [0, 0.1) is 0 Å². The predicted molar refractivity (Wildman–Crippen MR) is 103 cm³/mol. The number of methoxy groups -OCH3 is 1. The Hall–Kier alpha value is -2.83. The number of hydrogen-bond acceptors (Lipinski definition) is 5. The molecule has 1 amide bonds. The fourth-order valence-electron chi connectivity index (χ4n) is 2.20. The molecule has 6 nitrogen and oxygen atoms in total. The third kappa shape index (κ3) is 4.62. The summed E-state index contributed by atoms with van der Waals surface area (Å²) < 4.78 is 5.14. The number of rotatable bonds is 5. The van der Waals surface area contributed by atoms with E-state index in [2.05, 4.69) is 20.6 Å². The second-order valence-electron chi connectivity index (χ2n) is 5.23. The maximum Gasteiger partial charge on any atom is 0.274 e. The molecule has 0 saturated carbocycles. The molecule has 0 unspecified atom stereocenters. The standard InChI is InChI=1S/C18H14Cl2N4O2/c1-26-15-4-2-3-13(10-15)22-17(25)16-5-6-21-18(24-16)23-14-8-11(19)7-12(20)9-14/h2-10H,1H3,(H,22,25)(H,21,23,24). The van der Waals surface area contributed by atoms with Gasteiger partial charge in [0, 0.05) is 33.7 Å². The average molecular weight is 389 g/mol. The van der Waals surface area contributed by atoms with Gasteiger partial charge in [0.2, 0.25) is 5.95 Å². The summed E-state index contributed by atoms with van der Waals surface area (Å²) in [5, 5.41) is 6.69. The van der Waals surface area contributed by atoms with Gasteiger partial charge in [-0.2, -0.15) is 0 Å². The lowest BCUT2D eigenvalue weighted by Gasteiger charge is -2.09. The topological polar surface area (TPSA) is 76.1 Å². The lowest BCUT2D eigenvalue weighted by atomic mass is 10.3. The van der Waals surface area contributed by atoms with Crippen molar-refractivity contribution in [2.75, 3.05) is 17.7 Å². The third-order valence-corrected chi connectivity index (χ3v) is 3.77. The van der Waals surface area contributed by atoms with Gasteiger partial charge in [0.25, 0.3) is 5.91 Å². The maximum absolute atomic E-state index is 12.4. The molecule has 0 aliphatic rings. The fraction of sp³-hybridized carbons (Fsp3) is 0.0556. The molecule has 3 rings (SSSR count). The molecular weight excluding hydrogens is 375 g/mol. The first kappa shape index (κ1) is 18.0. The SMILES string of the molecule is COc1cccc(NC(=O)c2ccnc(Nc3cc(Cl)cc(Cl)c3)n2)c1. The molecule has 1 aromatic heterocycles. The Kier molecular flexibility index (Phi) is 5.55. The number of carbonyl (C=O) groups is 1. The van der Waals surface area contributed by atoms with E-state index in [0.29, 0.717) is 27.2 Å². The summed E-state index contributed by atoms with van der Waals surface area (Å²) in [5.41, 5.74) is 1.43. The van der Waals surface area contributed by atoms with Crippen molar-refractivity contribution in [3.63, 3.8) is 0 Å². The molecule has 1 heterocycles. The van der Waals surface area contributed by atoms with Crippen LogP contribution in [0.4, 0.5) is 17.3 Å². The van der Waals surface area contributed by atoms with Crippen LogP contribution in [-0.4, -0.2) is 23.0 Å². The van der Waals surface area contributed by atoms with Gasteiger partial charge in [-0.15, -0.1) is 0 Å². The summed E-state index contributed by atoms with van der Waals surface area (Å²) in [7, 11) is 1.56. The minimum atomic E-state index is -0.368. The van der Waals surface area contributed by atoms with Crippen LogP contribution in [0.5, 0.6) is 5.75 Å². The van der Waals surface area contributed by atoms with Crippen molar-refractivity contribution >= 4 is 46.4 Å². The summed E-state index contributed by atoms with van der Waals surface area (Å²) in [6.07, 6.45) is 1.49. The van der Waals surface area contributed by atoms with E-state index in [9.17, 15) is 4.79 Å². The van der Waals surface area contributed by atoms with Crippen molar-refractivity contribution in [3.05, 3.63) is 70.5 Å². The van der Waals surface area contributed by atoms with Crippen molar-refractivity contribution in [1.82, 2.24) is 9.97 Å². The summed E-state index contributed by atoms with van der Waals surface area (Å²) in [5.74, 6) is 0.528. The number of benzene rings is 2. The Balaban J connectivity index is 1.76. The summed E-state index contributed by atoms with van der Waals surface area (Å²) in [4.78, 5) is 20.7. The van der Waals surface area contributed by atoms with Crippen molar-refractivity contribution in [3.8, 4) is 5.75 Å². The second kappa shape index (κ2) is 8.03. The third-order valence-electron chi connectivity index (χ3n) is 3.33. The van der Waals surface area contributed by atoms with Gasteiger partial charge in [-0.1, -0.05) is 29.3 Å². The molecule has 0 bridgehead atoms. The van der Waals surface area contributed by atoms with E-state index in [1.54, 1.807) is 49.6 Å². The zero-order chi connectivity index (χ0) is 18.5. The van der Waals surface area contributed by atoms with Crippen LogP contribution in [0.1, 0.15) is 10.5 Å². The summed E-state index contributed by atoms with van der Waals surface area (Å²) >= 11 is 11.9. The Labute approximate surface area is 160 Å². The van der Waals surface area contributed by atoms with Crippen LogP contribution in [-0.2, 0) is 0 Å². The lowest BCUT2D eigenvalue weighted by Crippen LogP contribution is -2.14. The number of nitrogens with one attached hydrogen (secondary N) is 2. The molecule has 26 heavy (non-hydrogen) atoms. The second-order valence-corrected chi connectivity index (χ2v) is 6.11. The van der Waals surface area contributed by atoms with Crippen LogP contribution >= 0.6 is 23.2 Å². The van der Waals surface area contributed by atoms with Crippen molar-refractivity contribution in [2.24, 2.45) is 0 Å². The van der Waals surface area contributed by atoms with Crippen LogP contribution in [0.15, 0.2) is 54.7 Å². The van der Waals surface area contributed by atoms with Gasteiger partial charge >= 0.3 is 0 Å². The largest absolute Gasteiger partial charge is 0.497 e. The smallest absolute Gasteiger partial charge is 0.274 e. The van der Waals surface area contributed by atoms with E-state index in [0.717, 1.165) is 0 Å². The zero-order valence-electron chi connectivity index (χ0n) is 13.7. The molecular formula is C18H14Cl2N4O2. The van der Waals surface area contributed by atoms with E-state index in [1.165, 1.54) is 12.3 Å². The van der Waals surface area contributed by atoms with Gasteiger partial charge in [0.05, 0.1) is 7.11 Å². The molecule has 0 radical (unpaired) electrons. The molecule has 3 aromatic rings. The first-order chi connectivity index (χ1) is 12.5. The van der Waals surface area contributed by atoms with Crippen molar-refractivity contribution < 1.29 is 9.53 Å². The molecule has 0 saturated heterocycles. The van der Waals surface area contributed by atoms with Gasteiger partial charge in [-0.05, 0) is 36.4 Å². The maximum atomic E-state index is 12.4. The molecule has 8 heteroatoms. The van der Waals surface area contributed by atoms with Gasteiger partial charge in [-0.3, -0.25) is 4.79 Å². The summed E-state index contributed by atoms with van der Waals surface area (Å²) in [6.45, 7) is 0. The van der Waals surface area contributed by atoms with Gasteiger partial charge < -0.3 is 15.4 Å². The van der Waals surface area contributed by atoms with E-state index in [4.69, 9.17) is 27.9 Å². The highest BCUT2D eigenvalue weighted by molar-refractivity contribution is 6.35. The summed E-state index contributed by atoms with van der Waals surface area (Å²) in [6, 6.07) is 13.5. The average Bonchev–Trinajstić information content (AvgIpc) is 2.61. The van der Waals surface area contributed by atoms with Gasteiger partial charge in [0.1, 0.15) is 11.4 Å². The number of ether oxygens (including phenoxy) is 1. The number of nitrogens with zero attached hydrogens (tertiary/aromatic N) is 2. The highest BCUT2D eigenvalue weighted by Crippen LogP contribution is 2.24. The number of anilines is 3. The molecule has 0 spiro atoms. The van der Waals surface area contributed by atoms with E-state index in [1.807, 2.05) is 0 Å². The van der Waals surface area contributed by atoms with Gasteiger partial charge in [-0.25, -0.2) is 9.97 Å². The quantitative estimate of drug-likeness (QED) is 0.656. The highest BCUT2D eigenvalue weighted by Gasteiger charge is 2.10. The number of aromatic nitrogens is 2. The number of halogens is 2. The van der Waals surface area contributed by atoms with Crippen LogP contribution in [0.3, 0.4) is 0 Å². The first-order valence-electron chi connectivity index (χ1n) is 7.55. The molecule has 2 N–H and O–H groups in total. The predicted octanol–water partition coefficient (Wildman–Crippen LogP) is 4.79. The molecule has 0 fully saturated rings. The van der Waals surface area contributed by atoms with Crippen LogP contribution in [0.2, 0.25) is 10.0 Å². The highest BCUT2D eigenvalue weighted by atomic mass is 35.5. The van der Waals surface area contributed by atoms with Crippen molar-refractivity contribution in [2.45, 2.75) is 0 Å². The molecule has 0 aliphatic heterocycles. The minimum absolute atomic E-state index is 0.207. The van der Waals surface area contributed by atoms with E-state index >= 15 is 0 Å². The minimum Gasteiger partial charge on any atom is -0.497 e. The fourth-order valence-corrected chi connectivity index (χ4v) is 2.72. The van der Waals surface area contributed by atoms with Crippen molar-refractivity contribution in [1.29, 1.82) is 0 Å². The number of amides is 1. The Bertz CT molecular complexity index is 930. The lowest BCUT2D eigenvalue weighted by molar-refractivity contribution is 0.102. The monoisotopic (exact) mass is 388 g/mol. The van der Waals surface area contributed by atoms with Crippen LogP contribution < -0.4 is 15.4 Å². The van der Waals surface area contributed by atoms with E-state index in [-0.39, 0.29) is 17.5 Å². The Morgan fingerprint density at radius 2 is 1.81 bits per heavy atom.